The Bertz CT molecular complexity index is 615. The second-order valence-electron chi connectivity index (χ2n) is 4.87. The highest BCUT2D eigenvalue weighted by molar-refractivity contribution is 9.10. The fourth-order valence-corrected chi connectivity index (χ4v) is 3.27. The number of carbonyl (C=O) groups is 1. The molecular formula is C17H18BrNOS. The van der Waals surface area contributed by atoms with E-state index in [4.69, 9.17) is 0 Å². The van der Waals surface area contributed by atoms with Crippen molar-refractivity contribution in [3.05, 3.63) is 64.1 Å². The van der Waals surface area contributed by atoms with E-state index < -0.39 is 0 Å². The summed E-state index contributed by atoms with van der Waals surface area (Å²) in [4.78, 5) is 12.0. The van der Waals surface area contributed by atoms with Crippen LogP contribution in [-0.2, 0) is 4.79 Å². The molecule has 0 aliphatic heterocycles. The summed E-state index contributed by atoms with van der Waals surface area (Å²) in [7, 11) is 0. The Kier molecular flexibility index (Phi) is 5.88. The fraction of sp³-hybridized carbons (Fsp3) is 0.235. The van der Waals surface area contributed by atoms with Gasteiger partial charge in [0.25, 0.3) is 0 Å². The number of amides is 1. The van der Waals surface area contributed by atoms with E-state index in [1.54, 1.807) is 11.8 Å². The standard InChI is InChI=1S/C17H18BrNOS/c1-12-10-15(18)8-9-16(12)19-17(20)11-21-13(2)14-6-4-3-5-7-14/h3-10,13H,11H2,1-2H3,(H,19,20)/t13-/m0/s1. The van der Waals surface area contributed by atoms with Gasteiger partial charge in [-0.2, -0.15) is 0 Å². The third-order valence-electron chi connectivity index (χ3n) is 3.20. The van der Waals surface area contributed by atoms with Crippen molar-refractivity contribution >= 4 is 39.3 Å². The van der Waals surface area contributed by atoms with E-state index in [1.165, 1.54) is 5.56 Å². The highest BCUT2D eigenvalue weighted by atomic mass is 79.9. The van der Waals surface area contributed by atoms with Crippen LogP contribution < -0.4 is 5.32 Å². The van der Waals surface area contributed by atoms with E-state index in [9.17, 15) is 4.79 Å². The van der Waals surface area contributed by atoms with E-state index in [1.807, 2.05) is 43.3 Å². The van der Waals surface area contributed by atoms with Crippen LogP contribution in [-0.4, -0.2) is 11.7 Å². The van der Waals surface area contributed by atoms with Gasteiger partial charge in [-0.15, -0.1) is 11.8 Å². The topological polar surface area (TPSA) is 29.1 Å². The Labute approximate surface area is 138 Å². The minimum Gasteiger partial charge on any atom is -0.325 e. The molecular weight excluding hydrogens is 346 g/mol. The molecule has 0 bridgehead atoms. The zero-order valence-corrected chi connectivity index (χ0v) is 14.5. The number of benzene rings is 2. The second-order valence-corrected chi connectivity index (χ2v) is 7.12. The number of rotatable bonds is 5. The molecule has 0 aliphatic rings. The molecule has 0 saturated carbocycles. The van der Waals surface area contributed by atoms with Crippen molar-refractivity contribution in [1.29, 1.82) is 0 Å². The normalized spacial score (nSPS) is 12.0. The summed E-state index contributed by atoms with van der Waals surface area (Å²) in [5, 5.41) is 3.27. The molecule has 2 nitrogen and oxygen atoms in total. The maximum absolute atomic E-state index is 12.0. The van der Waals surface area contributed by atoms with Gasteiger partial charge in [0.1, 0.15) is 0 Å². The lowest BCUT2D eigenvalue weighted by molar-refractivity contribution is -0.113. The second kappa shape index (κ2) is 7.66. The van der Waals surface area contributed by atoms with Crippen molar-refractivity contribution in [3.8, 4) is 0 Å². The van der Waals surface area contributed by atoms with E-state index in [-0.39, 0.29) is 5.91 Å². The van der Waals surface area contributed by atoms with E-state index in [0.29, 0.717) is 11.0 Å². The minimum atomic E-state index is 0.0354. The van der Waals surface area contributed by atoms with Gasteiger partial charge < -0.3 is 5.32 Å². The molecule has 2 aromatic rings. The predicted molar refractivity (Wildman–Crippen MR) is 94.8 cm³/mol. The summed E-state index contributed by atoms with van der Waals surface area (Å²) in [6.45, 7) is 4.11. The quantitative estimate of drug-likeness (QED) is 0.791. The number of anilines is 1. The summed E-state index contributed by atoms with van der Waals surface area (Å²) in [5.74, 6) is 0.485. The molecule has 0 spiro atoms. The van der Waals surface area contributed by atoms with Crippen LogP contribution in [0.4, 0.5) is 5.69 Å². The van der Waals surface area contributed by atoms with Gasteiger partial charge in [0.2, 0.25) is 5.91 Å². The first-order valence-electron chi connectivity index (χ1n) is 6.79. The molecule has 0 radical (unpaired) electrons. The lowest BCUT2D eigenvalue weighted by Gasteiger charge is -2.12. The maximum Gasteiger partial charge on any atom is 0.234 e. The van der Waals surface area contributed by atoms with Crippen LogP contribution in [0, 0.1) is 6.92 Å². The predicted octanol–water partition coefficient (Wildman–Crippen LogP) is 5.19. The van der Waals surface area contributed by atoms with Crippen molar-refractivity contribution < 1.29 is 4.79 Å². The average Bonchev–Trinajstić information content (AvgIpc) is 2.48. The number of halogens is 1. The molecule has 1 N–H and O–H groups in total. The number of hydrogen-bond acceptors (Lipinski definition) is 2. The first-order valence-corrected chi connectivity index (χ1v) is 8.63. The van der Waals surface area contributed by atoms with Crippen molar-refractivity contribution in [2.45, 2.75) is 19.1 Å². The summed E-state index contributed by atoms with van der Waals surface area (Å²) in [5.41, 5.74) is 3.17. The van der Waals surface area contributed by atoms with Gasteiger partial charge in [-0.3, -0.25) is 4.79 Å². The monoisotopic (exact) mass is 363 g/mol. The van der Waals surface area contributed by atoms with Crippen molar-refractivity contribution in [1.82, 2.24) is 0 Å². The largest absolute Gasteiger partial charge is 0.325 e. The van der Waals surface area contributed by atoms with Gasteiger partial charge >= 0.3 is 0 Å². The molecule has 21 heavy (non-hydrogen) atoms. The number of hydrogen-bond donors (Lipinski definition) is 1. The highest BCUT2D eigenvalue weighted by Crippen LogP contribution is 2.28. The molecule has 0 aliphatic carbocycles. The Balaban J connectivity index is 1.87. The number of thioether (sulfide) groups is 1. The van der Waals surface area contributed by atoms with Crippen molar-refractivity contribution in [2.75, 3.05) is 11.1 Å². The first kappa shape index (κ1) is 16.1. The lowest BCUT2D eigenvalue weighted by Crippen LogP contribution is -2.15. The zero-order chi connectivity index (χ0) is 15.2. The summed E-state index contributed by atoms with van der Waals surface area (Å²) < 4.78 is 1.02. The fourth-order valence-electron chi connectivity index (χ4n) is 1.97. The SMILES string of the molecule is Cc1cc(Br)ccc1NC(=O)CS[C@@H](C)c1ccccc1. The molecule has 4 heteroatoms. The number of carbonyl (C=O) groups excluding carboxylic acids is 1. The van der Waals surface area contributed by atoms with Gasteiger partial charge in [-0.05, 0) is 43.2 Å². The Morgan fingerprint density at radius 1 is 1.24 bits per heavy atom. The number of nitrogens with one attached hydrogen (secondary N) is 1. The van der Waals surface area contributed by atoms with Crippen LogP contribution in [0.5, 0.6) is 0 Å². The van der Waals surface area contributed by atoms with Gasteiger partial charge in [0, 0.05) is 15.4 Å². The minimum absolute atomic E-state index is 0.0354. The lowest BCUT2D eigenvalue weighted by atomic mass is 10.2. The molecule has 0 heterocycles. The Morgan fingerprint density at radius 2 is 1.95 bits per heavy atom. The molecule has 1 amide bonds. The van der Waals surface area contributed by atoms with Crippen LogP contribution in [0.3, 0.4) is 0 Å². The molecule has 0 saturated heterocycles. The molecule has 2 rings (SSSR count). The maximum atomic E-state index is 12.0. The Hall–Kier alpha value is -1.26. The third-order valence-corrected chi connectivity index (χ3v) is 4.89. The van der Waals surface area contributed by atoms with Crippen LogP contribution in [0.25, 0.3) is 0 Å². The van der Waals surface area contributed by atoms with Crippen LogP contribution >= 0.6 is 27.7 Å². The van der Waals surface area contributed by atoms with Crippen LogP contribution in [0.15, 0.2) is 53.0 Å². The zero-order valence-electron chi connectivity index (χ0n) is 12.1. The molecule has 110 valence electrons. The van der Waals surface area contributed by atoms with E-state index >= 15 is 0 Å². The summed E-state index contributed by atoms with van der Waals surface area (Å²) >= 11 is 5.07. The average molecular weight is 364 g/mol. The van der Waals surface area contributed by atoms with Crippen molar-refractivity contribution in [2.24, 2.45) is 0 Å². The van der Waals surface area contributed by atoms with Gasteiger partial charge in [-0.25, -0.2) is 0 Å². The first-order chi connectivity index (χ1) is 10.1. The van der Waals surface area contributed by atoms with E-state index in [0.717, 1.165) is 15.7 Å². The molecule has 2 aromatic carbocycles. The molecule has 1 atom stereocenters. The molecule has 0 unspecified atom stereocenters. The van der Waals surface area contributed by atoms with Gasteiger partial charge in [0.05, 0.1) is 5.75 Å². The smallest absolute Gasteiger partial charge is 0.234 e. The van der Waals surface area contributed by atoms with Crippen LogP contribution in [0.2, 0.25) is 0 Å². The summed E-state index contributed by atoms with van der Waals surface area (Å²) in [6, 6.07) is 16.1. The third kappa shape index (κ3) is 4.90. The van der Waals surface area contributed by atoms with Crippen LogP contribution in [0.1, 0.15) is 23.3 Å². The van der Waals surface area contributed by atoms with Gasteiger partial charge in [0.15, 0.2) is 0 Å². The highest BCUT2D eigenvalue weighted by Gasteiger charge is 2.10. The molecule has 0 aromatic heterocycles. The van der Waals surface area contributed by atoms with E-state index in [2.05, 4.69) is 40.3 Å². The summed E-state index contributed by atoms with van der Waals surface area (Å²) in [6.07, 6.45) is 0. The van der Waals surface area contributed by atoms with Gasteiger partial charge in [-0.1, -0.05) is 46.3 Å². The Morgan fingerprint density at radius 3 is 2.62 bits per heavy atom. The van der Waals surface area contributed by atoms with Crippen molar-refractivity contribution in [3.63, 3.8) is 0 Å². The number of aryl methyl sites for hydroxylation is 1. The molecule has 0 fully saturated rings.